The van der Waals surface area contributed by atoms with E-state index in [0.29, 0.717) is 6.08 Å². The SMILES string of the molecule is C=CCC(C=C(CC)C(C1=CC(CC=C)=C(Oc2c(F)c(F)c(-c3nnc(-c4c(F)c(F)c(C(C)(C)C)c(F)c4F)o3)c(F)c2F)C(C)(CC=C)C1)(C(F)(F)F)C(F)(F)F)=C(CC(C)C=C)OC(C)(C)C. The Morgan fingerprint density at radius 2 is 1.24 bits per heavy atom. The van der Waals surface area contributed by atoms with E-state index in [0.717, 1.165) is 32.1 Å². The highest BCUT2D eigenvalue weighted by Gasteiger charge is 2.74. The molecule has 71 heavy (non-hydrogen) atoms. The van der Waals surface area contributed by atoms with Gasteiger partial charge >= 0.3 is 12.4 Å². The molecular formula is C52H54F14N2O3. The standard InChI is InChI=1S/C52H54F14N2O3/c1-14-19-27(31(22-26(6)17-4)71-48(10,11)12)23-29(18-5)50(51(61,62)63,52(64,65)66)30-24-28(20-15-2)44(49(13,25-30)21-16-3)69-43-41(59)37(55)33(38(56)42(43)60)46-68-67-45(70-46)32-35(53)39(57)34(47(7,8)9)40(58)36(32)54/h14-17,23-24,26H,1-4,18-22,25H2,5-13H3. The molecule has 1 aliphatic rings. The van der Waals surface area contributed by atoms with Gasteiger partial charge in [-0.2, -0.15) is 35.1 Å². The second-order valence-electron chi connectivity index (χ2n) is 19.3. The van der Waals surface area contributed by atoms with Crippen molar-refractivity contribution >= 4 is 0 Å². The number of nitrogens with zero attached hydrogens (tertiary/aromatic N) is 2. The van der Waals surface area contributed by atoms with Crippen LogP contribution >= 0.6 is 0 Å². The molecule has 0 amide bonds. The Morgan fingerprint density at radius 3 is 1.63 bits per heavy atom. The van der Waals surface area contributed by atoms with E-state index in [1.54, 1.807) is 27.7 Å². The minimum Gasteiger partial charge on any atom is -0.492 e. The quantitative estimate of drug-likeness (QED) is 0.0418. The molecule has 0 N–H and O–H groups in total. The minimum atomic E-state index is -6.13. The van der Waals surface area contributed by atoms with Crippen molar-refractivity contribution in [2.24, 2.45) is 16.7 Å². The molecule has 388 valence electrons. The molecule has 1 aromatic heterocycles. The maximum absolute atomic E-state index is 16.2. The normalized spacial score (nSPS) is 17.2. The van der Waals surface area contributed by atoms with Crippen LogP contribution in [0, 0.1) is 63.3 Å². The van der Waals surface area contributed by atoms with Gasteiger partial charge in [-0.05, 0) is 86.5 Å². The molecule has 0 spiro atoms. The molecule has 5 nitrogen and oxygen atoms in total. The summed E-state index contributed by atoms with van der Waals surface area (Å²) in [5, 5.41) is 6.35. The molecule has 1 heterocycles. The van der Waals surface area contributed by atoms with Gasteiger partial charge in [0.1, 0.15) is 28.2 Å². The number of halogens is 14. The molecule has 0 saturated heterocycles. The molecule has 4 rings (SSSR count). The maximum Gasteiger partial charge on any atom is 0.410 e. The molecule has 2 unspecified atom stereocenters. The number of hydrogen-bond donors (Lipinski definition) is 0. The summed E-state index contributed by atoms with van der Waals surface area (Å²) >= 11 is 0. The highest BCUT2D eigenvalue weighted by atomic mass is 19.4. The Balaban J connectivity index is 2.06. The predicted molar refractivity (Wildman–Crippen MR) is 241 cm³/mol. The fraction of sp³-hybridized carbons (Fsp3) is 0.423. The summed E-state index contributed by atoms with van der Waals surface area (Å²) in [4.78, 5) is 0. The van der Waals surface area contributed by atoms with E-state index in [4.69, 9.17) is 13.9 Å². The topological polar surface area (TPSA) is 57.4 Å². The van der Waals surface area contributed by atoms with Gasteiger partial charge in [-0.15, -0.1) is 36.5 Å². The Bertz CT molecular complexity index is 2630. The summed E-state index contributed by atoms with van der Waals surface area (Å²) in [6, 6.07) is 0. The van der Waals surface area contributed by atoms with Crippen LogP contribution < -0.4 is 4.74 Å². The second-order valence-corrected chi connectivity index (χ2v) is 19.3. The Hall–Kier alpha value is -5.88. The van der Waals surface area contributed by atoms with Crippen LogP contribution in [-0.4, -0.2) is 28.2 Å². The monoisotopic (exact) mass is 1020 g/mol. The van der Waals surface area contributed by atoms with Crippen molar-refractivity contribution in [1.82, 2.24) is 10.2 Å². The molecule has 0 aliphatic heterocycles. The van der Waals surface area contributed by atoms with E-state index in [1.807, 2.05) is 0 Å². The smallest absolute Gasteiger partial charge is 0.410 e. The van der Waals surface area contributed by atoms with Gasteiger partial charge in [0.15, 0.2) is 34.9 Å². The third-order valence-corrected chi connectivity index (χ3v) is 11.6. The van der Waals surface area contributed by atoms with Crippen LogP contribution in [0.2, 0.25) is 0 Å². The third kappa shape index (κ3) is 11.1. The highest BCUT2D eigenvalue weighted by Crippen LogP contribution is 2.64. The van der Waals surface area contributed by atoms with Gasteiger partial charge in [-0.25, -0.2) is 26.3 Å². The zero-order chi connectivity index (χ0) is 54.1. The van der Waals surface area contributed by atoms with Gasteiger partial charge in [0.2, 0.25) is 22.8 Å². The van der Waals surface area contributed by atoms with Crippen molar-refractivity contribution in [1.29, 1.82) is 0 Å². The van der Waals surface area contributed by atoms with Crippen molar-refractivity contribution < 1.29 is 75.4 Å². The average Bonchev–Trinajstić information content (AvgIpc) is 3.71. The number of benzene rings is 2. The van der Waals surface area contributed by atoms with Crippen LogP contribution in [-0.2, 0) is 10.2 Å². The third-order valence-electron chi connectivity index (χ3n) is 11.6. The van der Waals surface area contributed by atoms with E-state index >= 15 is 61.5 Å². The van der Waals surface area contributed by atoms with Gasteiger partial charge in [-0.1, -0.05) is 78.0 Å². The molecule has 0 fully saturated rings. The number of allylic oxidation sites excluding steroid dienone is 12. The highest BCUT2D eigenvalue weighted by molar-refractivity contribution is 5.63. The van der Waals surface area contributed by atoms with E-state index in [-0.39, 0.29) is 30.1 Å². The van der Waals surface area contributed by atoms with Gasteiger partial charge in [-0.3, -0.25) is 0 Å². The van der Waals surface area contributed by atoms with Gasteiger partial charge in [0.05, 0.1) is 0 Å². The van der Waals surface area contributed by atoms with E-state index in [9.17, 15) is 0 Å². The fourth-order valence-electron chi connectivity index (χ4n) is 8.50. The number of hydrogen-bond acceptors (Lipinski definition) is 5. The maximum atomic E-state index is 16.2. The predicted octanol–water partition coefficient (Wildman–Crippen LogP) is 17.2. The van der Waals surface area contributed by atoms with Crippen molar-refractivity contribution in [3.63, 3.8) is 0 Å². The summed E-state index contributed by atoms with van der Waals surface area (Å²) in [6.07, 6.45) is -9.44. The zero-order valence-electron chi connectivity index (χ0n) is 40.5. The zero-order valence-corrected chi connectivity index (χ0v) is 40.5. The van der Waals surface area contributed by atoms with Crippen LogP contribution in [0.3, 0.4) is 0 Å². The van der Waals surface area contributed by atoms with Crippen molar-refractivity contribution in [3.05, 3.63) is 149 Å². The van der Waals surface area contributed by atoms with Crippen LogP contribution in [0.1, 0.15) is 106 Å². The van der Waals surface area contributed by atoms with Gasteiger partial charge in [0.25, 0.3) is 11.8 Å². The lowest BCUT2D eigenvalue weighted by atomic mass is 9.62. The number of ether oxygens (including phenoxy) is 2. The molecule has 0 bridgehead atoms. The number of alkyl halides is 6. The minimum absolute atomic E-state index is 0.0371. The van der Waals surface area contributed by atoms with Crippen LogP contribution in [0.15, 0.2) is 101 Å². The molecule has 19 heteroatoms. The number of rotatable bonds is 18. The Labute approximate surface area is 403 Å². The lowest BCUT2D eigenvalue weighted by molar-refractivity contribution is -0.312. The average molecular weight is 1020 g/mol. The molecule has 2 atom stereocenters. The van der Waals surface area contributed by atoms with Crippen LogP contribution in [0.25, 0.3) is 22.9 Å². The molecule has 3 aromatic rings. The molecule has 0 radical (unpaired) electrons. The van der Waals surface area contributed by atoms with Crippen LogP contribution in [0.4, 0.5) is 61.5 Å². The molecule has 2 aromatic carbocycles. The first-order valence-corrected chi connectivity index (χ1v) is 22.0. The summed E-state index contributed by atoms with van der Waals surface area (Å²) in [7, 11) is 0. The van der Waals surface area contributed by atoms with Crippen molar-refractivity contribution in [2.45, 2.75) is 124 Å². The van der Waals surface area contributed by atoms with E-state index in [1.165, 1.54) is 32.9 Å². The van der Waals surface area contributed by atoms with Crippen molar-refractivity contribution in [2.75, 3.05) is 0 Å². The van der Waals surface area contributed by atoms with Gasteiger partial charge < -0.3 is 13.9 Å². The fourth-order valence-corrected chi connectivity index (χ4v) is 8.50. The second kappa shape index (κ2) is 21.1. The lowest BCUT2D eigenvalue weighted by Crippen LogP contribution is -2.54. The summed E-state index contributed by atoms with van der Waals surface area (Å²) < 4.78 is 238. The first kappa shape index (κ1) is 57.7. The summed E-state index contributed by atoms with van der Waals surface area (Å²) in [5.41, 5.74) is -16.8. The first-order chi connectivity index (χ1) is 32.6. The molecule has 0 saturated carbocycles. The number of aromatic nitrogens is 2. The van der Waals surface area contributed by atoms with Gasteiger partial charge in [0, 0.05) is 17.4 Å². The Kier molecular flexibility index (Phi) is 17.1. The summed E-state index contributed by atoms with van der Waals surface area (Å²) in [5.74, 6) is -23.1. The lowest BCUT2D eigenvalue weighted by Gasteiger charge is -2.46. The van der Waals surface area contributed by atoms with Crippen molar-refractivity contribution in [3.8, 4) is 28.7 Å². The molecular weight excluding hydrogens is 967 g/mol. The summed E-state index contributed by atoms with van der Waals surface area (Å²) in [6.45, 7) is 27.0. The largest absolute Gasteiger partial charge is 0.492 e. The molecule has 1 aliphatic carbocycles. The van der Waals surface area contributed by atoms with E-state index in [2.05, 4.69) is 36.5 Å². The Morgan fingerprint density at radius 1 is 0.746 bits per heavy atom. The van der Waals surface area contributed by atoms with E-state index < -0.39 is 163 Å². The van der Waals surface area contributed by atoms with Crippen LogP contribution in [0.5, 0.6) is 5.75 Å². The first-order valence-electron chi connectivity index (χ1n) is 22.0.